The Bertz CT molecular complexity index is 1090. The average molecular weight is 535 g/mol. The molecule has 2 unspecified atom stereocenters. The molecule has 2 aliphatic rings. The molecular weight excluding hydrogens is 507 g/mol. The number of carbonyl (C=O) groups is 2. The Morgan fingerprint density at radius 3 is 2.37 bits per heavy atom. The van der Waals surface area contributed by atoms with Crippen molar-refractivity contribution >= 4 is 52.4 Å². The van der Waals surface area contributed by atoms with E-state index >= 15 is 0 Å². The van der Waals surface area contributed by atoms with Crippen LogP contribution in [0.2, 0.25) is 10.0 Å². The van der Waals surface area contributed by atoms with Crippen molar-refractivity contribution < 1.29 is 19.1 Å². The number of rotatable bonds is 6. The third-order valence-corrected chi connectivity index (χ3v) is 8.21. The van der Waals surface area contributed by atoms with Crippen LogP contribution in [0.15, 0.2) is 53.9 Å². The van der Waals surface area contributed by atoms with Crippen molar-refractivity contribution in [2.75, 3.05) is 39.4 Å². The molecular formula is C26H28Cl2N2O4S. The van der Waals surface area contributed by atoms with Crippen LogP contribution in [0.3, 0.4) is 0 Å². The maximum Gasteiger partial charge on any atom is 0.254 e. The molecule has 0 aromatic heterocycles. The van der Waals surface area contributed by atoms with Crippen LogP contribution in [0.25, 0.3) is 5.57 Å². The molecule has 0 radical (unpaired) electrons. The summed E-state index contributed by atoms with van der Waals surface area (Å²) in [5.74, 6) is -0.197. The zero-order chi connectivity index (χ0) is 24.9. The molecule has 0 aliphatic carbocycles. The van der Waals surface area contributed by atoms with Gasteiger partial charge in [-0.25, -0.2) is 0 Å². The number of hydrogen-bond acceptors (Lipinski definition) is 5. The summed E-state index contributed by atoms with van der Waals surface area (Å²) in [6.45, 7) is 8.44. The fraction of sp³-hybridized carbons (Fsp3) is 0.385. The molecule has 2 aromatic carbocycles. The van der Waals surface area contributed by atoms with E-state index < -0.39 is 0 Å². The summed E-state index contributed by atoms with van der Waals surface area (Å²) in [5, 5.41) is 0.647. The third kappa shape index (κ3) is 6.40. The molecule has 9 heteroatoms. The van der Waals surface area contributed by atoms with Crippen LogP contribution < -0.4 is 0 Å². The minimum absolute atomic E-state index is 0.0116. The van der Waals surface area contributed by atoms with E-state index in [0.29, 0.717) is 50.0 Å². The van der Waals surface area contributed by atoms with Gasteiger partial charge in [-0.3, -0.25) is 9.59 Å². The zero-order valence-electron chi connectivity index (χ0n) is 19.5. The Morgan fingerprint density at radius 2 is 1.69 bits per heavy atom. The molecule has 2 atom stereocenters. The summed E-state index contributed by atoms with van der Waals surface area (Å²) >= 11 is 14.7. The van der Waals surface area contributed by atoms with Gasteiger partial charge in [-0.15, -0.1) is 0 Å². The van der Waals surface area contributed by atoms with Gasteiger partial charge in [0.15, 0.2) is 0 Å². The first kappa shape index (κ1) is 26.0. The lowest BCUT2D eigenvalue weighted by Gasteiger charge is -2.34. The normalized spacial score (nSPS) is 20.5. The highest BCUT2D eigenvalue weighted by Crippen LogP contribution is 2.40. The van der Waals surface area contributed by atoms with Crippen LogP contribution in [-0.2, 0) is 25.5 Å². The topological polar surface area (TPSA) is 59.1 Å². The second-order valence-corrected chi connectivity index (χ2v) is 10.5. The third-order valence-electron chi connectivity index (χ3n) is 6.11. The number of nitrogens with zero attached hydrogens (tertiary/aromatic N) is 2. The van der Waals surface area contributed by atoms with Gasteiger partial charge in [0.25, 0.3) is 5.91 Å². The molecule has 2 heterocycles. The van der Waals surface area contributed by atoms with Crippen LogP contribution in [0.1, 0.15) is 18.1 Å². The fourth-order valence-corrected chi connectivity index (χ4v) is 5.81. The zero-order valence-corrected chi connectivity index (χ0v) is 21.9. The van der Waals surface area contributed by atoms with Gasteiger partial charge in [0, 0.05) is 55.6 Å². The van der Waals surface area contributed by atoms with E-state index in [9.17, 15) is 9.59 Å². The number of piperazine rings is 1. The molecule has 186 valence electrons. The number of benzene rings is 2. The van der Waals surface area contributed by atoms with Crippen LogP contribution in [0, 0.1) is 0 Å². The van der Waals surface area contributed by atoms with Crippen molar-refractivity contribution in [1.29, 1.82) is 0 Å². The maximum absolute atomic E-state index is 13.0. The van der Waals surface area contributed by atoms with Crippen molar-refractivity contribution in [1.82, 2.24) is 9.80 Å². The lowest BCUT2D eigenvalue weighted by Crippen LogP contribution is -2.50. The molecule has 0 N–H and O–H groups in total. The molecule has 2 amide bonds. The van der Waals surface area contributed by atoms with Gasteiger partial charge in [-0.05, 0) is 11.6 Å². The van der Waals surface area contributed by atoms with Gasteiger partial charge >= 0.3 is 0 Å². The van der Waals surface area contributed by atoms with Gasteiger partial charge < -0.3 is 19.3 Å². The largest absolute Gasteiger partial charge is 0.375 e. The smallest absolute Gasteiger partial charge is 0.254 e. The van der Waals surface area contributed by atoms with E-state index in [1.165, 1.54) is 24.2 Å². The lowest BCUT2D eigenvalue weighted by atomic mass is 10.1. The molecule has 4 rings (SSSR count). The van der Waals surface area contributed by atoms with Gasteiger partial charge in [0.05, 0.1) is 29.4 Å². The monoisotopic (exact) mass is 534 g/mol. The quantitative estimate of drug-likeness (QED) is 0.499. The number of hydrogen-bond donors (Lipinski definition) is 0. The first-order chi connectivity index (χ1) is 16.8. The molecule has 0 spiro atoms. The summed E-state index contributed by atoms with van der Waals surface area (Å²) in [6.07, 6.45) is 0.728. The van der Waals surface area contributed by atoms with Crippen molar-refractivity contribution in [2.45, 2.75) is 29.8 Å². The number of ether oxygens (including phenoxy) is 2. The summed E-state index contributed by atoms with van der Waals surface area (Å²) in [7, 11) is 0. The van der Waals surface area contributed by atoms with Crippen LogP contribution >= 0.6 is 35.0 Å². The number of halogens is 2. The SMILES string of the molecule is C=C(C(=O)N1CCN(C(C)=O)CC1)c1ccc(SC2COCC(Cc3ccccc3)O2)c(Cl)c1Cl. The Balaban J connectivity index is 1.39. The highest BCUT2D eigenvalue weighted by molar-refractivity contribution is 8.00. The lowest BCUT2D eigenvalue weighted by molar-refractivity contribution is -0.135. The Kier molecular flexibility index (Phi) is 8.78. The first-order valence-electron chi connectivity index (χ1n) is 11.5. The standard InChI is InChI=1S/C26H28Cl2N2O4S/c1-17(26(32)30-12-10-29(11-13-30)18(2)31)21-8-9-22(25(28)24(21)27)35-23-16-33-15-20(34-23)14-19-6-4-3-5-7-19/h3-9,20,23H,1,10-16H2,2H3. The van der Waals surface area contributed by atoms with Gasteiger partial charge in [0.2, 0.25) is 5.91 Å². The van der Waals surface area contributed by atoms with Crippen LogP contribution in [-0.4, -0.2) is 72.5 Å². The van der Waals surface area contributed by atoms with Crippen LogP contribution in [0.4, 0.5) is 0 Å². The summed E-state index contributed by atoms with van der Waals surface area (Å²) in [6, 6.07) is 13.8. The number of thioether (sulfide) groups is 1. The maximum atomic E-state index is 13.0. The predicted molar refractivity (Wildman–Crippen MR) is 140 cm³/mol. The van der Waals surface area contributed by atoms with E-state index in [4.69, 9.17) is 32.7 Å². The minimum Gasteiger partial charge on any atom is -0.375 e. The number of amides is 2. The van der Waals surface area contributed by atoms with Crippen molar-refractivity contribution in [3.05, 3.63) is 70.2 Å². The van der Waals surface area contributed by atoms with E-state index in [1.807, 2.05) is 24.3 Å². The predicted octanol–water partition coefficient (Wildman–Crippen LogP) is 4.77. The highest BCUT2D eigenvalue weighted by atomic mass is 35.5. The summed E-state index contributed by atoms with van der Waals surface area (Å²) < 4.78 is 12.0. The Morgan fingerprint density at radius 1 is 1.00 bits per heavy atom. The summed E-state index contributed by atoms with van der Waals surface area (Å²) in [4.78, 5) is 28.7. The van der Waals surface area contributed by atoms with E-state index in [1.54, 1.807) is 15.9 Å². The molecule has 2 saturated heterocycles. The fourth-order valence-electron chi connectivity index (χ4n) is 4.16. The van der Waals surface area contributed by atoms with Gasteiger partial charge in [-0.1, -0.05) is 77.9 Å². The van der Waals surface area contributed by atoms with Gasteiger partial charge in [-0.2, -0.15) is 0 Å². The summed E-state index contributed by atoms with van der Waals surface area (Å²) in [5.41, 5.74) is 1.76. The minimum atomic E-state index is -0.223. The first-order valence-corrected chi connectivity index (χ1v) is 13.1. The Hall–Kier alpha value is -2.03. The molecule has 0 saturated carbocycles. The molecule has 0 bridgehead atoms. The molecule has 2 aliphatic heterocycles. The molecule has 2 fully saturated rings. The van der Waals surface area contributed by atoms with Gasteiger partial charge in [0.1, 0.15) is 5.44 Å². The second kappa shape index (κ2) is 11.8. The highest BCUT2D eigenvalue weighted by Gasteiger charge is 2.28. The van der Waals surface area contributed by atoms with Crippen LogP contribution in [0.5, 0.6) is 0 Å². The second-order valence-electron chi connectivity index (χ2n) is 8.55. The van der Waals surface area contributed by atoms with Crippen molar-refractivity contribution in [2.24, 2.45) is 0 Å². The molecule has 35 heavy (non-hydrogen) atoms. The molecule has 6 nitrogen and oxygen atoms in total. The Labute approximate surface area is 220 Å². The van der Waals surface area contributed by atoms with E-state index in [2.05, 4.69) is 18.7 Å². The van der Waals surface area contributed by atoms with Crippen molar-refractivity contribution in [3.63, 3.8) is 0 Å². The average Bonchev–Trinajstić information content (AvgIpc) is 2.87. The number of carbonyl (C=O) groups excluding carboxylic acids is 2. The van der Waals surface area contributed by atoms with E-state index in [0.717, 1.165) is 11.3 Å². The van der Waals surface area contributed by atoms with Crippen molar-refractivity contribution in [3.8, 4) is 0 Å². The van der Waals surface area contributed by atoms with E-state index in [-0.39, 0.29) is 34.0 Å². The molecule has 2 aromatic rings.